The van der Waals surface area contributed by atoms with Crippen LogP contribution < -0.4 is 4.90 Å². The van der Waals surface area contributed by atoms with E-state index in [-0.39, 0.29) is 0 Å². The Hall–Kier alpha value is -2.28. The lowest BCUT2D eigenvalue weighted by molar-refractivity contribution is 0.673. The van der Waals surface area contributed by atoms with Gasteiger partial charge in [-0.3, -0.25) is 4.68 Å². The highest BCUT2D eigenvalue weighted by Gasteiger charge is 2.11. The Kier molecular flexibility index (Phi) is 4.78. The lowest BCUT2D eigenvalue weighted by atomic mass is 10.2. The van der Waals surface area contributed by atoms with Crippen LogP contribution in [-0.4, -0.2) is 16.3 Å². The van der Waals surface area contributed by atoms with Crippen LogP contribution in [0.3, 0.4) is 0 Å². The number of anilines is 1. The highest BCUT2D eigenvalue weighted by molar-refractivity contribution is 5.46. The van der Waals surface area contributed by atoms with Crippen molar-refractivity contribution in [2.45, 2.75) is 26.3 Å². The molecule has 0 atom stereocenters. The van der Waals surface area contributed by atoms with Gasteiger partial charge >= 0.3 is 0 Å². The van der Waals surface area contributed by atoms with E-state index in [1.165, 1.54) is 5.69 Å². The molecule has 0 saturated carbocycles. The molecule has 0 aliphatic rings. The van der Waals surface area contributed by atoms with Gasteiger partial charge in [0.2, 0.25) is 0 Å². The molecule has 0 aliphatic carbocycles. The fourth-order valence-electron chi connectivity index (χ4n) is 2.21. The van der Waals surface area contributed by atoms with Crippen LogP contribution in [0.25, 0.3) is 0 Å². The minimum atomic E-state index is 0.521. The SMILES string of the molecule is CCc1cc(CN(CCC#N)c2ccccc2)n(C)n1. The summed E-state index contributed by atoms with van der Waals surface area (Å²) in [5.74, 6) is 0. The third kappa shape index (κ3) is 3.39. The van der Waals surface area contributed by atoms with Crippen molar-refractivity contribution >= 4 is 5.69 Å². The summed E-state index contributed by atoms with van der Waals surface area (Å²) >= 11 is 0. The second kappa shape index (κ2) is 6.76. The Bertz CT molecular complexity index is 580. The Morgan fingerprint density at radius 1 is 1.30 bits per heavy atom. The maximum Gasteiger partial charge on any atom is 0.0640 e. The van der Waals surface area contributed by atoms with E-state index in [2.05, 4.69) is 41.2 Å². The Morgan fingerprint density at radius 2 is 2.05 bits per heavy atom. The van der Waals surface area contributed by atoms with Gasteiger partial charge in [0, 0.05) is 19.3 Å². The average molecular weight is 268 g/mol. The molecule has 0 unspecified atom stereocenters. The maximum absolute atomic E-state index is 8.83. The zero-order valence-electron chi connectivity index (χ0n) is 12.1. The van der Waals surface area contributed by atoms with E-state index >= 15 is 0 Å². The third-order valence-electron chi connectivity index (χ3n) is 3.36. The highest BCUT2D eigenvalue weighted by Crippen LogP contribution is 2.17. The van der Waals surface area contributed by atoms with Crippen molar-refractivity contribution in [1.29, 1.82) is 5.26 Å². The Morgan fingerprint density at radius 3 is 2.65 bits per heavy atom. The second-order valence-electron chi connectivity index (χ2n) is 4.77. The fourth-order valence-corrected chi connectivity index (χ4v) is 2.21. The summed E-state index contributed by atoms with van der Waals surface area (Å²) in [6.45, 7) is 3.61. The number of aryl methyl sites for hydroxylation is 2. The number of nitriles is 1. The van der Waals surface area contributed by atoms with Crippen LogP contribution in [-0.2, 0) is 20.0 Å². The fraction of sp³-hybridized carbons (Fsp3) is 0.375. The van der Waals surface area contributed by atoms with Gasteiger partial charge in [-0.2, -0.15) is 10.4 Å². The molecule has 0 radical (unpaired) electrons. The summed E-state index contributed by atoms with van der Waals surface area (Å²) in [6, 6.07) is 14.6. The molecule has 2 aromatic rings. The van der Waals surface area contributed by atoms with Crippen LogP contribution in [0.15, 0.2) is 36.4 Å². The number of benzene rings is 1. The van der Waals surface area contributed by atoms with Gasteiger partial charge in [0.15, 0.2) is 0 Å². The lowest BCUT2D eigenvalue weighted by Crippen LogP contribution is -2.24. The van der Waals surface area contributed by atoms with E-state index in [9.17, 15) is 0 Å². The normalized spacial score (nSPS) is 10.2. The molecule has 0 N–H and O–H groups in total. The van der Waals surface area contributed by atoms with E-state index < -0.39 is 0 Å². The molecule has 1 aromatic heterocycles. The van der Waals surface area contributed by atoms with Crippen molar-refractivity contribution in [2.75, 3.05) is 11.4 Å². The predicted octanol–water partition coefficient (Wildman–Crippen LogP) is 2.90. The van der Waals surface area contributed by atoms with E-state index in [0.717, 1.165) is 30.9 Å². The molecule has 0 bridgehead atoms. The van der Waals surface area contributed by atoms with Crippen LogP contribution in [0, 0.1) is 11.3 Å². The molecule has 1 aromatic carbocycles. The summed E-state index contributed by atoms with van der Waals surface area (Å²) < 4.78 is 1.93. The summed E-state index contributed by atoms with van der Waals surface area (Å²) in [5.41, 5.74) is 3.42. The van der Waals surface area contributed by atoms with E-state index in [0.29, 0.717) is 6.42 Å². The van der Waals surface area contributed by atoms with Crippen molar-refractivity contribution in [1.82, 2.24) is 9.78 Å². The van der Waals surface area contributed by atoms with E-state index in [4.69, 9.17) is 5.26 Å². The van der Waals surface area contributed by atoms with Gasteiger partial charge in [-0.25, -0.2) is 0 Å². The first-order valence-corrected chi connectivity index (χ1v) is 6.93. The van der Waals surface area contributed by atoms with Crippen LogP contribution in [0.4, 0.5) is 5.69 Å². The molecular weight excluding hydrogens is 248 g/mol. The monoisotopic (exact) mass is 268 g/mol. The first-order chi connectivity index (χ1) is 9.74. The first-order valence-electron chi connectivity index (χ1n) is 6.93. The van der Waals surface area contributed by atoms with Gasteiger partial charge in [0.05, 0.1) is 30.4 Å². The quantitative estimate of drug-likeness (QED) is 0.809. The molecule has 1 heterocycles. The zero-order valence-corrected chi connectivity index (χ0v) is 12.1. The number of hydrogen-bond acceptors (Lipinski definition) is 3. The zero-order chi connectivity index (χ0) is 14.4. The smallest absolute Gasteiger partial charge is 0.0640 e. The molecule has 0 saturated heterocycles. The van der Waals surface area contributed by atoms with Crippen LogP contribution in [0.2, 0.25) is 0 Å². The summed E-state index contributed by atoms with van der Waals surface area (Å²) in [4.78, 5) is 2.22. The molecule has 0 spiro atoms. The van der Waals surface area contributed by atoms with Crippen molar-refractivity contribution < 1.29 is 0 Å². The lowest BCUT2D eigenvalue weighted by Gasteiger charge is -2.23. The number of nitrogens with zero attached hydrogens (tertiary/aromatic N) is 4. The van der Waals surface area contributed by atoms with Gasteiger partial charge < -0.3 is 4.90 Å². The number of hydrogen-bond donors (Lipinski definition) is 0. The van der Waals surface area contributed by atoms with Crippen molar-refractivity contribution in [3.05, 3.63) is 47.8 Å². The average Bonchev–Trinajstić information content (AvgIpc) is 2.84. The minimum absolute atomic E-state index is 0.521. The molecule has 4 nitrogen and oxygen atoms in total. The van der Waals surface area contributed by atoms with Crippen LogP contribution in [0.5, 0.6) is 0 Å². The minimum Gasteiger partial charge on any atom is -0.365 e. The maximum atomic E-state index is 8.83. The molecular formula is C16H20N4. The van der Waals surface area contributed by atoms with Gasteiger partial charge in [0.1, 0.15) is 0 Å². The van der Waals surface area contributed by atoms with Crippen molar-refractivity contribution in [2.24, 2.45) is 7.05 Å². The Balaban J connectivity index is 2.19. The molecule has 0 amide bonds. The van der Waals surface area contributed by atoms with Gasteiger partial charge in [0.25, 0.3) is 0 Å². The standard InChI is InChI=1S/C16H20N4/c1-3-14-12-16(19(2)18-14)13-20(11-7-10-17)15-8-5-4-6-9-15/h4-6,8-9,12H,3,7,11,13H2,1-2H3. The number of rotatable bonds is 6. The van der Waals surface area contributed by atoms with E-state index in [1.807, 2.05) is 29.9 Å². The predicted molar refractivity (Wildman–Crippen MR) is 80.3 cm³/mol. The van der Waals surface area contributed by atoms with Gasteiger partial charge in [-0.1, -0.05) is 25.1 Å². The molecule has 104 valence electrons. The van der Waals surface area contributed by atoms with E-state index in [1.54, 1.807) is 0 Å². The van der Waals surface area contributed by atoms with Crippen molar-refractivity contribution in [3.63, 3.8) is 0 Å². The topological polar surface area (TPSA) is 44.9 Å². The molecule has 4 heteroatoms. The third-order valence-corrected chi connectivity index (χ3v) is 3.36. The summed E-state index contributed by atoms with van der Waals surface area (Å²) in [6.07, 6.45) is 1.46. The molecule has 0 aliphatic heterocycles. The molecule has 2 rings (SSSR count). The van der Waals surface area contributed by atoms with Gasteiger partial charge in [-0.05, 0) is 24.6 Å². The van der Waals surface area contributed by atoms with Crippen molar-refractivity contribution in [3.8, 4) is 6.07 Å². The second-order valence-corrected chi connectivity index (χ2v) is 4.77. The number of aromatic nitrogens is 2. The first kappa shape index (κ1) is 14.1. The highest BCUT2D eigenvalue weighted by atomic mass is 15.3. The van der Waals surface area contributed by atoms with Crippen LogP contribution in [0.1, 0.15) is 24.7 Å². The molecule has 0 fully saturated rings. The Labute approximate surface area is 120 Å². The number of para-hydroxylation sites is 1. The largest absolute Gasteiger partial charge is 0.365 e. The summed E-state index contributed by atoms with van der Waals surface area (Å²) in [5, 5.41) is 13.3. The summed E-state index contributed by atoms with van der Waals surface area (Å²) in [7, 11) is 1.97. The van der Waals surface area contributed by atoms with Crippen LogP contribution >= 0.6 is 0 Å². The molecule has 20 heavy (non-hydrogen) atoms. The van der Waals surface area contributed by atoms with Gasteiger partial charge in [-0.15, -0.1) is 0 Å².